The molecule has 1 fully saturated rings. The summed E-state index contributed by atoms with van der Waals surface area (Å²) in [6, 6.07) is 8.33. The van der Waals surface area contributed by atoms with Gasteiger partial charge >= 0.3 is 0 Å². The van der Waals surface area contributed by atoms with E-state index in [1.807, 2.05) is 0 Å². The number of amides is 1. The molecule has 20 heavy (non-hydrogen) atoms. The van der Waals surface area contributed by atoms with Gasteiger partial charge in [0.05, 0.1) is 12.2 Å². The smallest absolute Gasteiger partial charge is 0.224 e. The van der Waals surface area contributed by atoms with Crippen LogP contribution in [0.3, 0.4) is 0 Å². The van der Waals surface area contributed by atoms with Crippen molar-refractivity contribution in [1.29, 1.82) is 5.26 Å². The van der Waals surface area contributed by atoms with E-state index in [1.165, 1.54) is 0 Å². The van der Waals surface area contributed by atoms with Gasteiger partial charge in [0.2, 0.25) is 5.91 Å². The van der Waals surface area contributed by atoms with Crippen molar-refractivity contribution >= 4 is 17.5 Å². The zero-order valence-electron chi connectivity index (χ0n) is 11.1. The van der Waals surface area contributed by atoms with E-state index in [1.54, 1.807) is 24.3 Å². The highest BCUT2D eigenvalue weighted by Crippen LogP contribution is 2.25. The standard InChI is InChI=1S/C15H17ClN2O2/c16-12-3-1-2-11(8-12)14(9-17)18-15(20)10-4-6-13(19)7-5-10/h1-3,8,10,13-14,19H,4-7H2,(H,18,20)/t10?,13?,14-/m0/s1. The van der Waals surface area contributed by atoms with Crippen LogP contribution < -0.4 is 5.32 Å². The van der Waals surface area contributed by atoms with Crippen LogP contribution in [-0.2, 0) is 4.79 Å². The molecule has 1 aliphatic carbocycles. The number of nitrogens with zero attached hydrogens (tertiary/aromatic N) is 1. The van der Waals surface area contributed by atoms with Crippen LogP contribution in [-0.4, -0.2) is 17.1 Å². The lowest BCUT2D eigenvalue weighted by molar-refractivity contribution is -0.127. The molecule has 1 saturated carbocycles. The highest BCUT2D eigenvalue weighted by molar-refractivity contribution is 6.30. The van der Waals surface area contributed by atoms with Crippen LogP contribution in [0.4, 0.5) is 0 Å². The molecule has 106 valence electrons. The molecule has 2 rings (SSSR count). The third-order valence-electron chi connectivity index (χ3n) is 3.67. The van der Waals surface area contributed by atoms with Gasteiger partial charge in [0, 0.05) is 10.9 Å². The van der Waals surface area contributed by atoms with E-state index in [-0.39, 0.29) is 17.9 Å². The summed E-state index contributed by atoms with van der Waals surface area (Å²) in [5, 5.41) is 22.0. The summed E-state index contributed by atoms with van der Waals surface area (Å²) in [5.74, 6) is -0.239. The molecular formula is C15H17ClN2O2. The first-order valence-electron chi connectivity index (χ1n) is 6.73. The zero-order valence-corrected chi connectivity index (χ0v) is 11.8. The molecule has 0 unspecified atom stereocenters. The van der Waals surface area contributed by atoms with E-state index in [0.717, 1.165) is 0 Å². The second-order valence-electron chi connectivity index (χ2n) is 5.13. The first kappa shape index (κ1) is 14.8. The van der Waals surface area contributed by atoms with Crippen molar-refractivity contribution in [3.8, 4) is 6.07 Å². The Bertz CT molecular complexity index is 519. The normalized spacial score (nSPS) is 23.6. The first-order chi connectivity index (χ1) is 9.60. The summed E-state index contributed by atoms with van der Waals surface area (Å²) in [6.45, 7) is 0. The summed E-state index contributed by atoms with van der Waals surface area (Å²) in [7, 11) is 0. The Kier molecular flexibility index (Phi) is 4.99. The average molecular weight is 293 g/mol. The minimum Gasteiger partial charge on any atom is -0.393 e. The van der Waals surface area contributed by atoms with Gasteiger partial charge in [-0.1, -0.05) is 23.7 Å². The third-order valence-corrected chi connectivity index (χ3v) is 3.90. The monoisotopic (exact) mass is 292 g/mol. The molecule has 1 aromatic rings. The topological polar surface area (TPSA) is 73.1 Å². The van der Waals surface area contributed by atoms with Crippen LogP contribution in [0.25, 0.3) is 0 Å². The Morgan fingerprint density at radius 2 is 2.10 bits per heavy atom. The van der Waals surface area contributed by atoms with Crippen LogP contribution >= 0.6 is 11.6 Å². The molecule has 0 aliphatic heterocycles. The number of hydrogen-bond acceptors (Lipinski definition) is 3. The first-order valence-corrected chi connectivity index (χ1v) is 7.11. The van der Waals surface area contributed by atoms with E-state index in [9.17, 15) is 15.2 Å². The number of nitrogens with one attached hydrogen (secondary N) is 1. The van der Waals surface area contributed by atoms with Crippen LogP contribution in [0.2, 0.25) is 5.02 Å². The number of carbonyl (C=O) groups excluding carboxylic acids is 1. The predicted octanol–water partition coefficient (Wildman–Crippen LogP) is 2.57. The van der Waals surface area contributed by atoms with Crippen LogP contribution in [0.5, 0.6) is 0 Å². The molecule has 0 bridgehead atoms. The third kappa shape index (κ3) is 3.72. The minimum atomic E-state index is -0.687. The van der Waals surface area contributed by atoms with Gasteiger partial charge in [-0.15, -0.1) is 0 Å². The number of hydrogen-bond donors (Lipinski definition) is 2. The second-order valence-corrected chi connectivity index (χ2v) is 5.57. The van der Waals surface area contributed by atoms with Gasteiger partial charge in [-0.3, -0.25) is 4.79 Å². The zero-order chi connectivity index (χ0) is 14.5. The van der Waals surface area contributed by atoms with Crippen molar-refractivity contribution in [2.24, 2.45) is 5.92 Å². The second kappa shape index (κ2) is 6.74. The number of nitriles is 1. The maximum absolute atomic E-state index is 12.2. The lowest BCUT2D eigenvalue weighted by atomic mass is 9.86. The lowest BCUT2D eigenvalue weighted by Gasteiger charge is -2.25. The molecule has 2 N–H and O–H groups in total. The van der Waals surface area contributed by atoms with Crippen molar-refractivity contribution in [3.63, 3.8) is 0 Å². The van der Waals surface area contributed by atoms with E-state index in [0.29, 0.717) is 36.3 Å². The Morgan fingerprint density at radius 3 is 2.70 bits per heavy atom. The number of rotatable bonds is 3. The maximum Gasteiger partial charge on any atom is 0.224 e. The molecule has 0 heterocycles. The van der Waals surface area contributed by atoms with Crippen molar-refractivity contribution in [2.75, 3.05) is 0 Å². The minimum absolute atomic E-state index is 0.117. The van der Waals surface area contributed by atoms with E-state index >= 15 is 0 Å². The number of aliphatic hydroxyl groups excluding tert-OH is 1. The SMILES string of the molecule is N#C[C@H](NC(=O)C1CCC(O)CC1)c1cccc(Cl)c1. The maximum atomic E-state index is 12.2. The highest BCUT2D eigenvalue weighted by atomic mass is 35.5. The fourth-order valence-corrected chi connectivity index (χ4v) is 2.67. The number of halogens is 1. The number of aliphatic hydroxyl groups is 1. The van der Waals surface area contributed by atoms with Crippen molar-refractivity contribution in [1.82, 2.24) is 5.32 Å². The van der Waals surface area contributed by atoms with Gasteiger partial charge in [-0.25, -0.2) is 0 Å². The van der Waals surface area contributed by atoms with Crippen LogP contribution in [0, 0.1) is 17.2 Å². The average Bonchev–Trinajstić information content (AvgIpc) is 2.45. The van der Waals surface area contributed by atoms with Crippen molar-refractivity contribution in [2.45, 2.75) is 37.8 Å². The molecule has 0 aromatic heterocycles. The van der Waals surface area contributed by atoms with E-state index in [2.05, 4.69) is 11.4 Å². The molecule has 1 atom stereocenters. The van der Waals surface area contributed by atoms with Gasteiger partial charge in [-0.2, -0.15) is 5.26 Å². The largest absolute Gasteiger partial charge is 0.393 e. The summed E-state index contributed by atoms with van der Waals surface area (Å²) >= 11 is 5.90. The predicted molar refractivity (Wildman–Crippen MR) is 75.9 cm³/mol. The van der Waals surface area contributed by atoms with Gasteiger partial charge in [0.1, 0.15) is 6.04 Å². The molecule has 0 spiro atoms. The Hall–Kier alpha value is -1.57. The Balaban J connectivity index is 2.00. The van der Waals surface area contributed by atoms with E-state index in [4.69, 9.17) is 11.6 Å². The van der Waals surface area contributed by atoms with Gasteiger partial charge in [0.25, 0.3) is 0 Å². The molecule has 4 nitrogen and oxygen atoms in total. The van der Waals surface area contributed by atoms with E-state index < -0.39 is 6.04 Å². The number of carbonyl (C=O) groups is 1. The van der Waals surface area contributed by atoms with Crippen LogP contribution in [0.15, 0.2) is 24.3 Å². The fourth-order valence-electron chi connectivity index (χ4n) is 2.47. The van der Waals surface area contributed by atoms with Crippen LogP contribution in [0.1, 0.15) is 37.3 Å². The molecule has 1 amide bonds. The van der Waals surface area contributed by atoms with Crippen molar-refractivity contribution in [3.05, 3.63) is 34.9 Å². The summed E-state index contributed by atoms with van der Waals surface area (Å²) < 4.78 is 0. The molecule has 0 saturated heterocycles. The molecule has 5 heteroatoms. The Morgan fingerprint density at radius 1 is 1.40 bits per heavy atom. The van der Waals surface area contributed by atoms with Gasteiger partial charge in [-0.05, 0) is 43.4 Å². The summed E-state index contributed by atoms with van der Waals surface area (Å²) in [6.07, 6.45) is 2.33. The fraction of sp³-hybridized carbons (Fsp3) is 0.467. The summed E-state index contributed by atoms with van der Waals surface area (Å²) in [5.41, 5.74) is 0.684. The molecule has 0 radical (unpaired) electrons. The highest BCUT2D eigenvalue weighted by Gasteiger charge is 2.27. The number of benzene rings is 1. The Labute approximate surface area is 123 Å². The lowest BCUT2D eigenvalue weighted by Crippen LogP contribution is -2.36. The molecule has 1 aliphatic rings. The van der Waals surface area contributed by atoms with Crippen molar-refractivity contribution < 1.29 is 9.90 Å². The molecular weight excluding hydrogens is 276 g/mol. The quantitative estimate of drug-likeness (QED) is 0.899. The van der Waals surface area contributed by atoms with Gasteiger partial charge in [0.15, 0.2) is 0 Å². The summed E-state index contributed by atoms with van der Waals surface area (Å²) in [4.78, 5) is 12.2. The molecule has 1 aromatic carbocycles. The van der Waals surface area contributed by atoms with Gasteiger partial charge < -0.3 is 10.4 Å².